The van der Waals surface area contributed by atoms with Crippen molar-refractivity contribution in [1.29, 1.82) is 0 Å². The molecule has 2 rings (SSSR count). The summed E-state index contributed by atoms with van der Waals surface area (Å²) in [5.74, 6) is 0. The standard InChI is InChI=1S/C12H14Cl2N2/c1-8-7-16(6-2-5-15)12-9(8)3-4-10(13)11(12)14/h3-4,7H,2,5-6,15H2,1H3. The minimum Gasteiger partial charge on any atom is -0.346 e. The van der Waals surface area contributed by atoms with E-state index in [0.29, 0.717) is 16.6 Å². The van der Waals surface area contributed by atoms with Crippen LogP contribution < -0.4 is 5.73 Å². The van der Waals surface area contributed by atoms with Gasteiger partial charge in [0.15, 0.2) is 0 Å². The molecule has 0 amide bonds. The average Bonchev–Trinajstić information content (AvgIpc) is 2.58. The first-order valence-electron chi connectivity index (χ1n) is 5.28. The molecule has 16 heavy (non-hydrogen) atoms. The van der Waals surface area contributed by atoms with Crippen LogP contribution in [0, 0.1) is 6.92 Å². The van der Waals surface area contributed by atoms with Crippen molar-refractivity contribution in [3.63, 3.8) is 0 Å². The van der Waals surface area contributed by atoms with Crippen LogP contribution in [0.5, 0.6) is 0 Å². The molecule has 0 aliphatic rings. The van der Waals surface area contributed by atoms with Crippen LogP contribution in [0.3, 0.4) is 0 Å². The van der Waals surface area contributed by atoms with E-state index in [-0.39, 0.29) is 0 Å². The van der Waals surface area contributed by atoms with Crippen molar-refractivity contribution in [1.82, 2.24) is 4.57 Å². The van der Waals surface area contributed by atoms with E-state index in [9.17, 15) is 0 Å². The summed E-state index contributed by atoms with van der Waals surface area (Å²) >= 11 is 12.3. The van der Waals surface area contributed by atoms with Crippen LogP contribution in [0.25, 0.3) is 10.9 Å². The average molecular weight is 257 g/mol. The third kappa shape index (κ3) is 1.93. The summed E-state index contributed by atoms with van der Waals surface area (Å²) < 4.78 is 2.13. The van der Waals surface area contributed by atoms with Gasteiger partial charge in [-0.1, -0.05) is 29.3 Å². The molecule has 2 nitrogen and oxygen atoms in total. The zero-order valence-electron chi connectivity index (χ0n) is 9.13. The molecular formula is C12H14Cl2N2. The van der Waals surface area contributed by atoms with Gasteiger partial charge >= 0.3 is 0 Å². The Kier molecular flexibility index (Phi) is 3.43. The van der Waals surface area contributed by atoms with Crippen molar-refractivity contribution in [2.24, 2.45) is 5.73 Å². The Morgan fingerprint density at radius 3 is 2.75 bits per heavy atom. The molecule has 1 aromatic carbocycles. The molecule has 0 spiro atoms. The topological polar surface area (TPSA) is 30.9 Å². The Morgan fingerprint density at radius 1 is 1.31 bits per heavy atom. The van der Waals surface area contributed by atoms with Crippen molar-refractivity contribution in [3.05, 3.63) is 33.9 Å². The number of aryl methyl sites for hydroxylation is 2. The van der Waals surface area contributed by atoms with Gasteiger partial charge in [0.2, 0.25) is 0 Å². The van der Waals surface area contributed by atoms with Gasteiger partial charge in [-0.25, -0.2) is 0 Å². The first kappa shape index (κ1) is 11.8. The van der Waals surface area contributed by atoms with Crippen molar-refractivity contribution in [2.75, 3.05) is 6.54 Å². The third-order valence-corrected chi connectivity index (χ3v) is 3.53. The lowest BCUT2D eigenvalue weighted by molar-refractivity contribution is 0.670. The second-order valence-corrected chi connectivity index (χ2v) is 4.69. The number of nitrogens with zero attached hydrogens (tertiary/aromatic N) is 1. The summed E-state index contributed by atoms with van der Waals surface area (Å²) in [6, 6.07) is 3.85. The molecule has 2 aromatic rings. The number of nitrogens with two attached hydrogens (primary N) is 1. The van der Waals surface area contributed by atoms with Gasteiger partial charge in [0.25, 0.3) is 0 Å². The molecule has 1 heterocycles. The Bertz CT molecular complexity index is 517. The van der Waals surface area contributed by atoms with Gasteiger partial charge < -0.3 is 10.3 Å². The van der Waals surface area contributed by atoms with Gasteiger partial charge in [0.05, 0.1) is 15.6 Å². The first-order chi connectivity index (χ1) is 7.65. The van der Waals surface area contributed by atoms with E-state index >= 15 is 0 Å². The molecule has 0 fully saturated rings. The molecule has 0 saturated carbocycles. The fourth-order valence-corrected chi connectivity index (χ4v) is 2.37. The molecule has 0 bridgehead atoms. The second-order valence-electron chi connectivity index (χ2n) is 3.91. The summed E-state index contributed by atoms with van der Waals surface area (Å²) in [6.45, 7) is 3.63. The van der Waals surface area contributed by atoms with Crippen LogP contribution >= 0.6 is 23.2 Å². The number of aromatic nitrogens is 1. The van der Waals surface area contributed by atoms with Crippen LogP contribution in [0.4, 0.5) is 0 Å². The number of hydrogen-bond donors (Lipinski definition) is 1. The smallest absolute Gasteiger partial charge is 0.0835 e. The highest BCUT2D eigenvalue weighted by Gasteiger charge is 2.11. The van der Waals surface area contributed by atoms with Crippen molar-refractivity contribution >= 4 is 34.1 Å². The van der Waals surface area contributed by atoms with Crippen molar-refractivity contribution < 1.29 is 0 Å². The summed E-state index contributed by atoms with van der Waals surface area (Å²) in [7, 11) is 0. The monoisotopic (exact) mass is 256 g/mol. The minimum atomic E-state index is 0.598. The summed E-state index contributed by atoms with van der Waals surface area (Å²) in [6.07, 6.45) is 3.04. The summed E-state index contributed by atoms with van der Waals surface area (Å²) in [4.78, 5) is 0. The maximum absolute atomic E-state index is 6.24. The lowest BCUT2D eigenvalue weighted by Crippen LogP contribution is -2.04. The van der Waals surface area contributed by atoms with Crippen LogP contribution in [0.1, 0.15) is 12.0 Å². The predicted molar refractivity (Wildman–Crippen MR) is 70.4 cm³/mol. The third-order valence-electron chi connectivity index (χ3n) is 2.73. The predicted octanol–water partition coefficient (Wildman–Crippen LogP) is 3.61. The molecule has 0 atom stereocenters. The Labute approximate surface area is 105 Å². The van der Waals surface area contributed by atoms with E-state index in [1.807, 2.05) is 12.1 Å². The van der Waals surface area contributed by atoms with Gasteiger partial charge in [0.1, 0.15) is 0 Å². The van der Waals surface area contributed by atoms with Gasteiger partial charge in [-0.3, -0.25) is 0 Å². The second kappa shape index (κ2) is 4.66. The molecule has 1 aromatic heterocycles. The fraction of sp³-hybridized carbons (Fsp3) is 0.333. The lowest BCUT2D eigenvalue weighted by Gasteiger charge is -2.06. The van der Waals surface area contributed by atoms with Crippen LogP contribution in [-0.2, 0) is 6.54 Å². The SMILES string of the molecule is Cc1cn(CCCN)c2c(Cl)c(Cl)ccc12. The largest absolute Gasteiger partial charge is 0.346 e. The van der Waals surface area contributed by atoms with Crippen molar-refractivity contribution in [2.45, 2.75) is 19.9 Å². The number of rotatable bonds is 3. The maximum Gasteiger partial charge on any atom is 0.0835 e. The van der Waals surface area contributed by atoms with E-state index < -0.39 is 0 Å². The Balaban J connectivity index is 2.61. The zero-order valence-corrected chi connectivity index (χ0v) is 10.6. The van der Waals surface area contributed by atoms with Crippen LogP contribution in [0.2, 0.25) is 10.0 Å². The lowest BCUT2D eigenvalue weighted by atomic mass is 10.2. The van der Waals surface area contributed by atoms with E-state index in [1.54, 1.807) is 0 Å². The highest BCUT2D eigenvalue weighted by molar-refractivity contribution is 6.45. The number of halogens is 2. The van der Waals surface area contributed by atoms with Gasteiger partial charge in [-0.15, -0.1) is 0 Å². The normalized spacial score (nSPS) is 11.2. The Morgan fingerprint density at radius 2 is 2.06 bits per heavy atom. The molecular weight excluding hydrogens is 243 g/mol. The van der Waals surface area contributed by atoms with E-state index in [4.69, 9.17) is 28.9 Å². The highest BCUT2D eigenvalue weighted by atomic mass is 35.5. The maximum atomic E-state index is 6.24. The summed E-state index contributed by atoms with van der Waals surface area (Å²) in [5, 5.41) is 2.39. The van der Waals surface area contributed by atoms with Crippen molar-refractivity contribution in [3.8, 4) is 0 Å². The fourth-order valence-electron chi connectivity index (χ4n) is 1.94. The quantitative estimate of drug-likeness (QED) is 0.894. The van der Waals surface area contributed by atoms with Crippen LogP contribution in [-0.4, -0.2) is 11.1 Å². The minimum absolute atomic E-state index is 0.598. The molecule has 2 N–H and O–H groups in total. The van der Waals surface area contributed by atoms with Gasteiger partial charge in [-0.05, 0) is 31.5 Å². The van der Waals surface area contributed by atoms with Crippen LogP contribution in [0.15, 0.2) is 18.3 Å². The highest BCUT2D eigenvalue weighted by Crippen LogP contribution is 2.33. The van der Waals surface area contributed by atoms with E-state index in [1.165, 1.54) is 5.56 Å². The van der Waals surface area contributed by atoms with Gasteiger partial charge in [0, 0.05) is 18.1 Å². The summed E-state index contributed by atoms with van der Waals surface area (Å²) in [5.41, 5.74) is 7.75. The van der Waals surface area contributed by atoms with Gasteiger partial charge in [-0.2, -0.15) is 0 Å². The zero-order chi connectivity index (χ0) is 11.7. The number of benzene rings is 1. The molecule has 0 unspecified atom stereocenters. The van der Waals surface area contributed by atoms with E-state index in [0.717, 1.165) is 23.9 Å². The Hall–Kier alpha value is -0.700. The first-order valence-corrected chi connectivity index (χ1v) is 6.04. The number of hydrogen-bond acceptors (Lipinski definition) is 1. The number of fused-ring (bicyclic) bond motifs is 1. The van der Waals surface area contributed by atoms with E-state index in [2.05, 4.69) is 17.7 Å². The molecule has 0 radical (unpaired) electrons. The molecule has 0 aliphatic heterocycles. The molecule has 4 heteroatoms. The molecule has 0 aliphatic carbocycles. The molecule has 0 saturated heterocycles. The molecule has 86 valence electrons.